The van der Waals surface area contributed by atoms with E-state index in [0.717, 1.165) is 18.4 Å². The van der Waals surface area contributed by atoms with Crippen molar-refractivity contribution in [3.8, 4) is 0 Å². The van der Waals surface area contributed by atoms with Gasteiger partial charge < -0.3 is 9.47 Å². The minimum absolute atomic E-state index is 0.250. The Morgan fingerprint density at radius 2 is 1.77 bits per heavy atom. The SMILES string of the molecule is CCCCN(C(=O)OCC)C(CCc1ccccc1)C(=O)OCC(C)C. The normalized spacial score (nSPS) is 11.9. The van der Waals surface area contributed by atoms with Crippen LogP contribution in [0.2, 0.25) is 0 Å². The molecule has 0 bridgehead atoms. The molecule has 1 rings (SSSR count). The molecule has 0 heterocycles. The zero-order valence-electron chi connectivity index (χ0n) is 16.6. The number of carbonyl (C=O) groups excluding carboxylic acids is 2. The second-order valence-electron chi connectivity index (χ2n) is 6.81. The molecule has 0 radical (unpaired) electrons. The third kappa shape index (κ3) is 7.89. The van der Waals surface area contributed by atoms with E-state index < -0.39 is 12.1 Å². The summed E-state index contributed by atoms with van der Waals surface area (Å²) in [7, 11) is 0. The van der Waals surface area contributed by atoms with Crippen molar-refractivity contribution in [2.45, 2.75) is 59.4 Å². The molecule has 1 unspecified atom stereocenters. The highest BCUT2D eigenvalue weighted by atomic mass is 16.6. The monoisotopic (exact) mass is 363 g/mol. The lowest BCUT2D eigenvalue weighted by molar-refractivity contribution is -0.151. The number of hydrogen-bond donors (Lipinski definition) is 0. The van der Waals surface area contributed by atoms with Crippen molar-refractivity contribution in [3.63, 3.8) is 0 Å². The fourth-order valence-electron chi connectivity index (χ4n) is 2.60. The number of ether oxygens (including phenoxy) is 2. The van der Waals surface area contributed by atoms with Gasteiger partial charge in [0.1, 0.15) is 6.04 Å². The number of nitrogens with zero attached hydrogens (tertiary/aromatic N) is 1. The number of hydrogen-bond acceptors (Lipinski definition) is 4. The number of rotatable bonds is 11. The Balaban J connectivity index is 2.92. The van der Waals surface area contributed by atoms with Crippen LogP contribution in [-0.4, -0.2) is 42.8 Å². The Bertz CT molecular complexity index is 530. The molecule has 0 aliphatic carbocycles. The highest BCUT2D eigenvalue weighted by Gasteiger charge is 2.31. The maximum Gasteiger partial charge on any atom is 0.410 e. The van der Waals surface area contributed by atoms with Crippen molar-refractivity contribution in [1.82, 2.24) is 4.90 Å². The molecule has 0 aromatic heterocycles. The van der Waals surface area contributed by atoms with E-state index in [2.05, 4.69) is 6.92 Å². The first-order valence-corrected chi connectivity index (χ1v) is 9.63. The minimum Gasteiger partial charge on any atom is -0.464 e. The van der Waals surface area contributed by atoms with Crippen LogP contribution in [0.25, 0.3) is 0 Å². The first kappa shape index (κ1) is 22.0. The fraction of sp³-hybridized carbons (Fsp3) is 0.619. The Morgan fingerprint density at radius 3 is 2.35 bits per heavy atom. The Kier molecular flexibility index (Phi) is 10.4. The van der Waals surface area contributed by atoms with Crippen LogP contribution in [-0.2, 0) is 20.7 Å². The lowest BCUT2D eigenvalue weighted by atomic mass is 10.0. The predicted molar refractivity (Wildman–Crippen MR) is 103 cm³/mol. The maximum atomic E-state index is 12.7. The molecule has 0 fully saturated rings. The van der Waals surface area contributed by atoms with Crippen LogP contribution in [0.15, 0.2) is 30.3 Å². The highest BCUT2D eigenvalue weighted by molar-refractivity contribution is 5.81. The van der Waals surface area contributed by atoms with Gasteiger partial charge in [0.2, 0.25) is 0 Å². The van der Waals surface area contributed by atoms with E-state index in [9.17, 15) is 9.59 Å². The number of unbranched alkanes of at least 4 members (excludes halogenated alkanes) is 1. The summed E-state index contributed by atoms with van der Waals surface area (Å²) in [4.78, 5) is 26.7. The van der Waals surface area contributed by atoms with E-state index in [0.29, 0.717) is 26.0 Å². The molecule has 26 heavy (non-hydrogen) atoms. The van der Waals surface area contributed by atoms with Crippen molar-refractivity contribution in [3.05, 3.63) is 35.9 Å². The molecule has 146 valence electrons. The van der Waals surface area contributed by atoms with Gasteiger partial charge in [0, 0.05) is 6.54 Å². The molecule has 1 atom stereocenters. The Morgan fingerprint density at radius 1 is 1.08 bits per heavy atom. The lowest BCUT2D eigenvalue weighted by Crippen LogP contribution is -2.47. The largest absolute Gasteiger partial charge is 0.464 e. The topological polar surface area (TPSA) is 55.8 Å². The van der Waals surface area contributed by atoms with Crippen LogP contribution < -0.4 is 0 Å². The van der Waals surface area contributed by atoms with Gasteiger partial charge in [0.25, 0.3) is 0 Å². The van der Waals surface area contributed by atoms with Gasteiger partial charge in [-0.3, -0.25) is 4.90 Å². The molecule has 1 amide bonds. The van der Waals surface area contributed by atoms with Gasteiger partial charge in [0.15, 0.2) is 0 Å². The van der Waals surface area contributed by atoms with E-state index in [1.165, 1.54) is 0 Å². The molecule has 1 aromatic rings. The van der Waals surface area contributed by atoms with Crippen LogP contribution >= 0.6 is 0 Å². The summed E-state index contributed by atoms with van der Waals surface area (Å²) < 4.78 is 10.6. The molecule has 0 saturated heterocycles. The predicted octanol–water partition coefficient (Wildman–Crippen LogP) is 4.45. The third-order valence-electron chi connectivity index (χ3n) is 4.01. The van der Waals surface area contributed by atoms with Crippen molar-refractivity contribution in [1.29, 1.82) is 0 Å². The number of benzene rings is 1. The summed E-state index contributed by atoms with van der Waals surface area (Å²) in [5, 5.41) is 0. The van der Waals surface area contributed by atoms with Gasteiger partial charge in [-0.2, -0.15) is 0 Å². The second kappa shape index (κ2) is 12.3. The molecule has 0 aliphatic rings. The second-order valence-corrected chi connectivity index (χ2v) is 6.81. The van der Waals surface area contributed by atoms with E-state index >= 15 is 0 Å². The first-order valence-electron chi connectivity index (χ1n) is 9.63. The highest BCUT2D eigenvalue weighted by Crippen LogP contribution is 2.15. The molecular formula is C21H33NO4. The van der Waals surface area contributed by atoms with Gasteiger partial charge in [-0.05, 0) is 37.7 Å². The summed E-state index contributed by atoms with van der Waals surface area (Å²) in [6.07, 6.45) is 2.52. The summed E-state index contributed by atoms with van der Waals surface area (Å²) in [6.45, 7) is 8.94. The first-order chi connectivity index (χ1) is 12.5. The zero-order valence-corrected chi connectivity index (χ0v) is 16.6. The zero-order chi connectivity index (χ0) is 19.4. The van der Waals surface area contributed by atoms with Gasteiger partial charge in [0.05, 0.1) is 13.2 Å². The number of esters is 1. The maximum absolute atomic E-state index is 12.7. The van der Waals surface area contributed by atoms with Crippen LogP contribution in [0.4, 0.5) is 4.79 Å². The summed E-state index contributed by atoms with van der Waals surface area (Å²) in [5.74, 6) is -0.0980. The Hall–Kier alpha value is -2.04. The van der Waals surface area contributed by atoms with E-state index in [-0.39, 0.29) is 18.5 Å². The molecule has 0 spiro atoms. The van der Waals surface area contributed by atoms with Crippen LogP contribution in [0.3, 0.4) is 0 Å². The van der Waals surface area contributed by atoms with Gasteiger partial charge >= 0.3 is 12.1 Å². The van der Waals surface area contributed by atoms with Crippen molar-refractivity contribution < 1.29 is 19.1 Å². The van der Waals surface area contributed by atoms with Gasteiger partial charge in [-0.15, -0.1) is 0 Å². The van der Waals surface area contributed by atoms with Crippen LogP contribution in [0.1, 0.15) is 52.5 Å². The quantitative estimate of drug-likeness (QED) is 0.545. The molecule has 5 nitrogen and oxygen atoms in total. The van der Waals surface area contributed by atoms with Crippen molar-refractivity contribution in [2.24, 2.45) is 5.92 Å². The molecule has 0 N–H and O–H groups in total. The number of carbonyl (C=O) groups is 2. The van der Waals surface area contributed by atoms with Crippen LogP contribution in [0.5, 0.6) is 0 Å². The van der Waals surface area contributed by atoms with E-state index in [1.807, 2.05) is 44.2 Å². The van der Waals surface area contributed by atoms with Crippen molar-refractivity contribution >= 4 is 12.1 Å². The van der Waals surface area contributed by atoms with Crippen LogP contribution in [0, 0.1) is 5.92 Å². The third-order valence-corrected chi connectivity index (χ3v) is 4.01. The molecule has 0 saturated carbocycles. The van der Waals surface area contributed by atoms with Gasteiger partial charge in [-0.25, -0.2) is 9.59 Å². The van der Waals surface area contributed by atoms with E-state index in [4.69, 9.17) is 9.47 Å². The standard InChI is InChI=1S/C21H33NO4/c1-5-7-15-22(21(24)25-6-2)19(20(23)26-16-17(3)4)14-13-18-11-9-8-10-12-18/h8-12,17,19H,5-7,13-16H2,1-4H3. The molecule has 5 heteroatoms. The summed E-state index contributed by atoms with van der Waals surface area (Å²) in [6, 6.07) is 9.33. The van der Waals surface area contributed by atoms with Crippen molar-refractivity contribution in [2.75, 3.05) is 19.8 Å². The molecule has 0 aliphatic heterocycles. The smallest absolute Gasteiger partial charge is 0.410 e. The molecule has 1 aromatic carbocycles. The average molecular weight is 363 g/mol. The number of amides is 1. The number of aryl methyl sites for hydroxylation is 1. The lowest BCUT2D eigenvalue weighted by Gasteiger charge is -2.29. The summed E-state index contributed by atoms with van der Waals surface area (Å²) in [5.41, 5.74) is 1.13. The minimum atomic E-state index is -0.625. The fourth-order valence-corrected chi connectivity index (χ4v) is 2.60. The molecular weight excluding hydrogens is 330 g/mol. The average Bonchev–Trinajstić information content (AvgIpc) is 2.63. The van der Waals surface area contributed by atoms with E-state index in [1.54, 1.807) is 11.8 Å². The summed E-state index contributed by atoms with van der Waals surface area (Å²) >= 11 is 0. The Labute approximate surface area is 157 Å². The van der Waals surface area contributed by atoms with Gasteiger partial charge in [-0.1, -0.05) is 57.5 Å².